The van der Waals surface area contributed by atoms with E-state index in [0.717, 1.165) is 10.3 Å². The van der Waals surface area contributed by atoms with Crippen LogP contribution >= 0.6 is 15.9 Å². The molecule has 1 aromatic rings. The molecule has 1 atom stereocenters. The van der Waals surface area contributed by atoms with E-state index in [1.807, 2.05) is 19.1 Å². The van der Waals surface area contributed by atoms with Gasteiger partial charge < -0.3 is 11.1 Å². The molecule has 0 bridgehead atoms. The van der Waals surface area contributed by atoms with Gasteiger partial charge in [-0.25, -0.2) is 4.98 Å². The molecule has 5 heteroatoms. The first kappa shape index (κ1) is 11.0. The molecule has 0 saturated carbocycles. The second kappa shape index (κ2) is 4.95. The van der Waals surface area contributed by atoms with Crippen LogP contribution in [-0.4, -0.2) is 16.9 Å². The van der Waals surface area contributed by atoms with E-state index in [-0.39, 0.29) is 11.9 Å². The van der Waals surface area contributed by atoms with Gasteiger partial charge in [-0.1, -0.05) is 0 Å². The van der Waals surface area contributed by atoms with Crippen LogP contribution < -0.4 is 11.1 Å². The van der Waals surface area contributed by atoms with Crippen molar-refractivity contribution in [3.8, 4) is 0 Å². The van der Waals surface area contributed by atoms with Crippen LogP contribution in [0.4, 0.5) is 5.82 Å². The molecule has 1 aromatic heterocycles. The lowest BCUT2D eigenvalue weighted by Crippen LogP contribution is -2.24. The maximum Gasteiger partial charge on any atom is 0.219 e. The van der Waals surface area contributed by atoms with Gasteiger partial charge in [0.15, 0.2) is 0 Å². The van der Waals surface area contributed by atoms with Gasteiger partial charge in [-0.2, -0.15) is 0 Å². The number of nitrogens with one attached hydrogen (secondary N) is 1. The van der Waals surface area contributed by atoms with Gasteiger partial charge in [0.25, 0.3) is 0 Å². The van der Waals surface area contributed by atoms with E-state index in [0.29, 0.717) is 6.42 Å². The Kier molecular flexibility index (Phi) is 3.88. The number of anilines is 1. The van der Waals surface area contributed by atoms with Crippen LogP contribution in [0.3, 0.4) is 0 Å². The Morgan fingerprint density at radius 3 is 2.93 bits per heavy atom. The molecule has 0 fully saturated rings. The number of nitrogens with zero attached hydrogens (tertiary/aromatic N) is 1. The van der Waals surface area contributed by atoms with Crippen LogP contribution in [0, 0.1) is 0 Å². The molecule has 4 nitrogen and oxygen atoms in total. The summed E-state index contributed by atoms with van der Waals surface area (Å²) in [6.45, 7) is 1.88. The summed E-state index contributed by atoms with van der Waals surface area (Å²) in [5.41, 5.74) is 5.06. The van der Waals surface area contributed by atoms with Gasteiger partial charge in [0.2, 0.25) is 5.91 Å². The molecule has 3 N–H and O–H groups in total. The van der Waals surface area contributed by atoms with Crippen molar-refractivity contribution in [2.24, 2.45) is 5.73 Å². The molecular weight excluding hydrogens is 246 g/mol. The molecule has 0 aromatic carbocycles. The first-order chi connectivity index (χ1) is 6.58. The maximum absolute atomic E-state index is 10.6. The number of aromatic nitrogens is 1. The van der Waals surface area contributed by atoms with Gasteiger partial charge in [-0.15, -0.1) is 0 Å². The zero-order chi connectivity index (χ0) is 10.6. The minimum Gasteiger partial charge on any atom is -0.370 e. The van der Waals surface area contributed by atoms with Crippen molar-refractivity contribution >= 4 is 27.7 Å². The van der Waals surface area contributed by atoms with Crippen molar-refractivity contribution < 1.29 is 4.79 Å². The molecule has 0 aliphatic carbocycles. The summed E-state index contributed by atoms with van der Waals surface area (Å²) < 4.78 is 0.922. The Bertz CT molecular complexity index is 312. The Labute approximate surface area is 91.0 Å². The van der Waals surface area contributed by atoms with Crippen molar-refractivity contribution in [1.29, 1.82) is 0 Å². The van der Waals surface area contributed by atoms with Gasteiger partial charge in [0.1, 0.15) is 5.82 Å². The minimum absolute atomic E-state index is 0.00109. The summed E-state index contributed by atoms with van der Waals surface area (Å²) in [5, 5.41) is 3.07. The SMILES string of the molecule is CC(CC(N)=O)Nc1ccc(Br)cn1. The van der Waals surface area contributed by atoms with E-state index in [1.54, 1.807) is 6.20 Å². The molecule has 0 aliphatic rings. The summed E-state index contributed by atoms with van der Waals surface area (Å²) in [4.78, 5) is 14.7. The standard InChI is InChI=1S/C9H12BrN3O/c1-6(4-8(11)14)13-9-3-2-7(10)5-12-9/h2-3,5-6H,4H2,1H3,(H2,11,14)(H,12,13). The number of hydrogen-bond acceptors (Lipinski definition) is 3. The number of pyridine rings is 1. The van der Waals surface area contributed by atoms with Crippen molar-refractivity contribution in [2.75, 3.05) is 5.32 Å². The van der Waals surface area contributed by atoms with E-state index >= 15 is 0 Å². The normalized spacial score (nSPS) is 12.1. The first-order valence-electron chi connectivity index (χ1n) is 4.24. The highest BCUT2D eigenvalue weighted by Gasteiger charge is 2.05. The Balaban J connectivity index is 2.51. The van der Waals surface area contributed by atoms with Crippen molar-refractivity contribution in [2.45, 2.75) is 19.4 Å². The van der Waals surface area contributed by atoms with Crippen molar-refractivity contribution in [3.63, 3.8) is 0 Å². The third kappa shape index (κ3) is 3.74. The fraction of sp³-hybridized carbons (Fsp3) is 0.333. The first-order valence-corrected chi connectivity index (χ1v) is 5.03. The number of amides is 1. The average molecular weight is 258 g/mol. The summed E-state index contributed by atoms with van der Waals surface area (Å²) in [6, 6.07) is 3.72. The molecule has 1 heterocycles. The number of halogens is 1. The van der Waals surface area contributed by atoms with Crippen LogP contribution in [0.1, 0.15) is 13.3 Å². The van der Waals surface area contributed by atoms with E-state index in [4.69, 9.17) is 5.73 Å². The van der Waals surface area contributed by atoms with E-state index in [1.165, 1.54) is 0 Å². The lowest BCUT2D eigenvalue weighted by Gasteiger charge is -2.12. The quantitative estimate of drug-likeness (QED) is 0.860. The zero-order valence-electron chi connectivity index (χ0n) is 7.83. The molecule has 1 amide bonds. The Morgan fingerprint density at radius 2 is 2.43 bits per heavy atom. The van der Waals surface area contributed by atoms with Crippen LogP contribution in [0.5, 0.6) is 0 Å². The fourth-order valence-corrected chi connectivity index (χ4v) is 1.30. The molecular formula is C9H12BrN3O. The highest BCUT2D eigenvalue weighted by atomic mass is 79.9. The molecule has 0 aliphatic heterocycles. The lowest BCUT2D eigenvalue weighted by molar-refractivity contribution is -0.118. The largest absolute Gasteiger partial charge is 0.370 e. The number of hydrogen-bond donors (Lipinski definition) is 2. The Hall–Kier alpha value is -1.10. The number of carbonyl (C=O) groups excluding carboxylic acids is 1. The van der Waals surface area contributed by atoms with Gasteiger partial charge in [-0.05, 0) is 35.0 Å². The lowest BCUT2D eigenvalue weighted by atomic mass is 10.2. The molecule has 0 saturated heterocycles. The highest BCUT2D eigenvalue weighted by Crippen LogP contribution is 2.11. The molecule has 0 radical (unpaired) electrons. The van der Waals surface area contributed by atoms with E-state index in [9.17, 15) is 4.79 Å². The number of primary amides is 1. The van der Waals surface area contributed by atoms with E-state index in [2.05, 4.69) is 26.2 Å². The second-order valence-corrected chi connectivity index (χ2v) is 3.99. The fourth-order valence-electron chi connectivity index (χ4n) is 1.07. The molecule has 1 rings (SSSR count). The number of rotatable bonds is 4. The summed E-state index contributed by atoms with van der Waals surface area (Å²) >= 11 is 3.29. The summed E-state index contributed by atoms with van der Waals surface area (Å²) in [6.07, 6.45) is 2.00. The van der Waals surface area contributed by atoms with Gasteiger partial charge >= 0.3 is 0 Å². The minimum atomic E-state index is -0.317. The molecule has 76 valence electrons. The summed E-state index contributed by atoms with van der Waals surface area (Å²) in [5.74, 6) is 0.420. The third-order valence-corrected chi connectivity index (χ3v) is 2.10. The zero-order valence-corrected chi connectivity index (χ0v) is 9.41. The van der Waals surface area contributed by atoms with Crippen molar-refractivity contribution in [3.05, 3.63) is 22.8 Å². The predicted octanol–water partition coefficient (Wildman–Crippen LogP) is 1.52. The van der Waals surface area contributed by atoms with Gasteiger partial charge in [-0.3, -0.25) is 4.79 Å². The maximum atomic E-state index is 10.6. The van der Waals surface area contributed by atoms with Crippen LogP contribution in [-0.2, 0) is 4.79 Å². The topological polar surface area (TPSA) is 68.0 Å². The highest BCUT2D eigenvalue weighted by molar-refractivity contribution is 9.10. The smallest absolute Gasteiger partial charge is 0.219 e. The van der Waals surface area contributed by atoms with Crippen LogP contribution in [0.2, 0.25) is 0 Å². The van der Waals surface area contributed by atoms with Crippen LogP contribution in [0.15, 0.2) is 22.8 Å². The molecule has 14 heavy (non-hydrogen) atoms. The number of carbonyl (C=O) groups is 1. The van der Waals surface area contributed by atoms with Gasteiger partial charge in [0.05, 0.1) is 0 Å². The van der Waals surface area contributed by atoms with Crippen LogP contribution in [0.25, 0.3) is 0 Å². The molecule has 0 spiro atoms. The predicted molar refractivity (Wildman–Crippen MR) is 58.8 cm³/mol. The van der Waals surface area contributed by atoms with Gasteiger partial charge in [0, 0.05) is 23.1 Å². The molecule has 1 unspecified atom stereocenters. The monoisotopic (exact) mass is 257 g/mol. The third-order valence-electron chi connectivity index (χ3n) is 1.63. The van der Waals surface area contributed by atoms with Crippen molar-refractivity contribution in [1.82, 2.24) is 4.98 Å². The average Bonchev–Trinajstić information content (AvgIpc) is 2.07. The summed E-state index contributed by atoms with van der Waals surface area (Å²) in [7, 11) is 0. The second-order valence-electron chi connectivity index (χ2n) is 3.08. The Morgan fingerprint density at radius 1 is 1.71 bits per heavy atom. The number of nitrogens with two attached hydrogens (primary N) is 1. The van der Waals surface area contributed by atoms with E-state index < -0.39 is 0 Å².